The molecule has 0 amide bonds. The van der Waals surface area contributed by atoms with Gasteiger partial charge in [-0.1, -0.05) is 48.6 Å². The Balaban J connectivity index is 1.78. The van der Waals surface area contributed by atoms with Crippen molar-refractivity contribution >= 4 is 23.2 Å². The molecule has 7 nitrogen and oxygen atoms in total. The predicted molar refractivity (Wildman–Crippen MR) is 180 cm³/mol. The number of nitrogens with zero attached hydrogens (tertiary/aromatic N) is 3. The Morgan fingerprint density at radius 2 is 1.34 bits per heavy atom. The molecular weight excluding hydrogens is 550 g/mol. The summed E-state index contributed by atoms with van der Waals surface area (Å²) in [6.07, 6.45) is 5.59. The standard InChI is InChI=1S/C37H45N3O4/c1-6-38(7-2)32-17-10-28(11-18-32)35(29-12-19-33(20-13-29)39(8-3)9-4)23-16-31-24-27(26-41)25-36(40(42)43)37(31)30-14-21-34(44-5)22-15-30/h10-15,17-24,26,31,36-37H,6-9,16,25H2,1-5H3/t31-,36-,37+/m0/s1. The number of carbonyl (C=O) groups is 1. The first-order valence-electron chi connectivity index (χ1n) is 15.7. The van der Waals surface area contributed by atoms with Crippen molar-refractivity contribution in [1.29, 1.82) is 0 Å². The van der Waals surface area contributed by atoms with Gasteiger partial charge < -0.3 is 14.5 Å². The van der Waals surface area contributed by atoms with Crippen molar-refractivity contribution in [3.8, 4) is 5.75 Å². The average Bonchev–Trinajstić information content (AvgIpc) is 3.06. The fraction of sp³-hybridized carbons (Fsp3) is 0.378. The first-order valence-corrected chi connectivity index (χ1v) is 15.7. The van der Waals surface area contributed by atoms with Gasteiger partial charge in [-0.2, -0.15) is 0 Å². The quantitative estimate of drug-likeness (QED) is 0.108. The van der Waals surface area contributed by atoms with Gasteiger partial charge in [-0.15, -0.1) is 0 Å². The van der Waals surface area contributed by atoms with Crippen LogP contribution in [0.4, 0.5) is 11.4 Å². The van der Waals surface area contributed by atoms with E-state index in [-0.39, 0.29) is 23.2 Å². The Bertz CT molecular complexity index is 1380. The fourth-order valence-electron chi connectivity index (χ4n) is 6.44. The van der Waals surface area contributed by atoms with Crippen molar-refractivity contribution in [1.82, 2.24) is 0 Å². The number of allylic oxidation sites excluding steroid dienone is 2. The molecule has 0 radical (unpaired) electrons. The van der Waals surface area contributed by atoms with E-state index in [1.165, 1.54) is 11.4 Å². The molecule has 0 bridgehead atoms. The highest BCUT2D eigenvalue weighted by Gasteiger charge is 2.41. The van der Waals surface area contributed by atoms with Gasteiger partial charge in [0.2, 0.25) is 6.04 Å². The van der Waals surface area contributed by atoms with E-state index in [4.69, 9.17) is 4.74 Å². The van der Waals surface area contributed by atoms with E-state index in [0.717, 1.165) is 54.7 Å². The van der Waals surface area contributed by atoms with Crippen LogP contribution >= 0.6 is 0 Å². The van der Waals surface area contributed by atoms with Gasteiger partial charge in [-0.25, -0.2) is 0 Å². The molecule has 3 atom stereocenters. The third-order valence-electron chi connectivity index (χ3n) is 8.88. The molecule has 0 unspecified atom stereocenters. The van der Waals surface area contributed by atoms with Gasteiger partial charge in [0.15, 0.2) is 0 Å². The number of aldehydes is 1. The number of nitro groups is 1. The lowest BCUT2D eigenvalue weighted by Gasteiger charge is -2.31. The monoisotopic (exact) mass is 595 g/mol. The zero-order chi connectivity index (χ0) is 31.6. The molecule has 1 aliphatic carbocycles. The lowest BCUT2D eigenvalue weighted by atomic mass is 9.72. The van der Waals surface area contributed by atoms with Crippen molar-refractivity contribution in [3.05, 3.63) is 117 Å². The maximum atomic E-state index is 12.3. The summed E-state index contributed by atoms with van der Waals surface area (Å²) >= 11 is 0. The summed E-state index contributed by atoms with van der Waals surface area (Å²) < 4.78 is 5.34. The zero-order valence-corrected chi connectivity index (χ0v) is 26.6. The summed E-state index contributed by atoms with van der Waals surface area (Å²) in [7, 11) is 1.60. The van der Waals surface area contributed by atoms with Crippen molar-refractivity contribution in [2.45, 2.75) is 52.5 Å². The molecule has 44 heavy (non-hydrogen) atoms. The number of carbonyl (C=O) groups excluding carboxylic acids is 1. The van der Waals surface area contributed by atoms with Crippen molar-refractivity contribution in [2.75, 3.05) is 43.1 Å². The first-order chi connectivity index (χ1) is 21.4. The Kier molecular flexibility index (Phi) is 11.4. The molecule has 0 fully saturated rings. The summed E-state index contributed by atoms with van der Waals surface area (Å²) in [5.41, 5.74) is 6.95. The number of anilines is 2. The van der Waals surface area contributed by atoms with Crippen molar-refractivity contribution in [3.63, 3.8) is 0 Å². The predicted octanol–water partition coefficient (Wildman–Crippen LogP) is 7.78. The molecule has 0 saturated heterocycles. The summed E-state index contributed by atoms with van der Waals surface area (Å²) in [6, 6.07) is 23.9. The average molecular weight is 596 g/mol. The van der Waals surface area contributed by atoms with Gasteiger partial charge in [0.25, 0.3) is 0 Å². The minimum atomic E-state index is -0.892. The van der Waals surface area contributed by atoms with E-state index in [9.17, 15) is 14.9 Å². The van der Waals surface area contributed by atoms with Crippen LogP contribution in [0, 0.1) is 16.0 Å². The summed E-state index contributed by atoms with van der Waals surface area (Å²) in [6.45, 7) is 12.4. The Morgan fingerprint density at radius 3 is 1.75 bits per heavy atom. The highest BCUT2D eigenvalue weighted by molar-refractivity contribution is 5.81. The smallest absolute Gasteiger partial charge is 0.224 e. The van der Waals surface area contributed by atoms with Gasteiger partial charge in [-0.3, -0.25) is 14.9 Å². The van der Waals surface area contributed by atoms with Crippen LogP contribution < -0.4 is 14.5 Å². The van der Waals surface area contributed by atoms with Crippen LogP contribution in [0.2, 0.25) is 0 Å². The lowest BCUT2D eigenvalue weighted by molar-refractivity contribution is -0.528. The number of ether oxygens (including phenoxy) is 1. The molecule has 0 aromatic heterocycles. The van der Waals surface area contributed by atoms with E-state index in [2.05, 4.69) is 92.1 Å². The van der Waals surface area contributed by atoms with Crippen LogP contribution in [0.1, 0.15) is 63.1 Å². The maximum absolute atomic E-state index is 12.3. The molecule has 3 aromatic carbocycles. The normalized spacial score (nSPS) is 17.8. The molecule has 232 valence electrons. The van der Waals surface area contributed by atoms with Gasteiger partial charge in [-0.05, 0) is 104 Å². The van der Waals surface area contributed by atoms with E-state index in [1.807, 2.05) is 30.3 Å². The van der Waals surface area contributed by atoms with Crippen LogP contribution in [0.3, 0.4) is 0 Å². The molecule has 0 spiro atoms. The topological polar surface area (TPSA) is 75.9 Å². The van der Waals surface area contributed by atoms with Crippen molar-refractivity contribution < 1.29 is 14.5 Å². The van der Waals surface area contributed by atoms with Crippen molar-refractivity contribution in [2.24, 2.45) is 5.92 Å². The highest BCUT2D eigenvalue weighted by atomic mass is 16.6. The molecule has 3 aromatic rings. The second kappa shape index (κ2) is 15.4. The van der Waals surface area contributed by atoms with Crippen LogP contribution in [-0.2, 0) is 4.79 Å². The number of rotatable bonds is 14. The number of methoxy groups -OCH3 is 1. The maximum Gasteiger partial charge on any atom is 0.224 e. The minimum absolute atomic E-state index is 0.125. The zero-order valence-electron chi connectivity index (χ0n) is 26.6. The SMILES string of the molecule is CCN(CC)c1ccc(C(=CC[C@H]2C=C(C=O)C[C@H]([N+](=O)[O-])[C@@H]2c2ccc(OC)cc2)c2ccc(N(CC)CC)cc2)cc1. The van der Waals surface area contributed by atoms with Gasteiger partial charge in [0.05, 0.1) is 13.0 Å². The Morgan fingerprint density at radius 1 is 0.841 bits per heavy atom. The molecule has 0 N–H and O–H groups in total. The Hall–Kier alpha value is -4.39. The van der Waals surface area contributed by atoms with Crippen LogP contribution in [0.15, 0.2) is 90.5 Å². The van der Waals surface area contributed by atoms with Gasteiger partial charge in [0.1, 0.15) is 12.0 Å². The molecule has 1 aliphatic rings. The first kappa shape index (κ1) is 32.5. The molecule has 0 aliphatic heterocycles. The fourth-order valence-corrected chi connectivity index (χ4v) is 6.44. The lowest BCUT2D eigenvalue weighted by Crippen LogP contribution is -2.35. The van der Waals surface area contributed by atoms with Crippen LogP contribution in [-0.4, -0.2) is 50.5 Å². The summed E-state index contributed by atoms with van der Waals surface area (Å²) in [4.78, 5) is 28.7. The molecule has 0 saturated carbocycles. The third kappa shape index (κ3) is 7.39. The van der Waals surface area contributed by atoms with Gasteiger partial charge in [0, 0.05) is 48.9 Å². The second-order valence-corrected chi connectivity index (χ2v) is 11.2. The molecule has 0 heterocycles. The van der Waals surface area contributed by atoms with E-state index in [0.29, 0.717) is 17.7 Å². The molecule has 7 heteroatoms. The minimum Gasteiger partial charge on any atom is -0.497 e. The highest BCUT2D eigenvalue weighted by Crippen LogP contribution is 2.41. The Labute approximate surface area is 262 Å². The van der Waals surface area contributed by atoms with Crippen LogP contribution in [0.5, 0.6) is 5.75 Å². The number of benzene rings is 3. The third-order valence-corrected chi connectivity index (χ3v) is 8.88. The second-order valence-electron chi connectivity index (χ2n) is 11.2. The molecular formula is C37H45N3O4. The van der Waals surface area contributed by atoms with Crippen LogP contribution in [0.25, 0.3) is 5.57 Å². The summed E-state index contributed by atoms with van der Waals surface area (Å²) in [5, 5.41) is 12.3. The largest absolute Gasteiger partial charge is 0.497 e. The molecule has 4 rings (SSSR count). The van der Waals surface area contributed by atoms with E-state index in [1.54, 1.807) is 7.11 Å². The number of hydrogen-bond acceptors (Lipinski definition) is 6. The summed E-state index contributed by atoms with van der Waals surface area (Å²) in [5.74, 6) is 0.0891. The van der Waals surface area contributed by atoms with Gasteiger partial charge >= 0.3 is 0 Å². The van der Waals surface area contributed by atoms with E-state index < -0.39 is 6.04 Å². The van der Waals surface area contributed by atoms with E-state index >= 15 is 0 Å². The number of hydrogen-bond donors (Lipinski definition) is 0.